The molecule has 0 spiro atoms. The number of nitrogens with one attached hydrogen (secondary N) is 2. The van der Waals surface area contributed by atoms with E-state index in [0.717, 1.165) is 35.1 Å². The summed E-state index contributed by atoms with van der Waals surface area (Å²) in [5, 5.41) is 11.0. The minimum absolute atomic E-state index is 0.221. The Morgan fingerprint density at radius 3 is 2.72 bits per heavy atom. The third kappa shape index (κ3) is 4.74. The molecule has 5 rings (SSSR count). The molecule has 36 heavy (non-hydrogen) atoms. The van der Waals surface area contributed by atoms with Crippen LogP contribution in [0.1, 0.15) is 37.4 Å². The number of H-pyrrole nitrogens is 1. The number of aromatic amines is 1. The van der Waals surface area contributed by atoms with E-state index in [1.165, 1.54) is 5.56 Å². The second-order valence-corrected chi connectivity index (χ2v) is 9.31. The van der Waals surface area contributed by atoms with Crippen molar-refractivity contribution in [2.45, 2.75) is 40.2 Å². The van der Waals surface area contributed by atoms with E-state index in [1.807, 2.05) is 55.6 Å². The van der Waals surface area contributed by atoms with Gasteiger partial charge in [0, 0.05) is 23.9 Å². The van der Waals surface area contributed by atoms with Crippen molar-refractivity contribution in [1.82, 2.24) is 24.6 Å². The van der Waals surface area contributed by atoms with Gasteiger partial charge in [-0.1, -0.05) is 37.3 Å². The molecule has 5 aromatic rings. The van der Waals surface area contributed by atoms with Crippen molar-refractivity contribution in [1.29, 1.82) is 0 Å². The molecular weight excluding hydrogens is 472 g/mol. The summed E-state index contributed by atoms with van der Waals surface area (Å²) in [5.41, 5.74) is 4.58. The van der Waals surface area contributed by atoms with Crippen LogP contribution in [0.2, 0.25) is 0 Å². The molecule has 3 heterocycles. The lowest BCUT2D eigenvalue weighted by atomic mass is 10.1. The van der Waals surface area contributed by atoms with Gasteiger partial charge >= 0.3 is 0 Å². The van der Waals surface area contributed by atoms with E-state index in [1.54, 1.807) is 15.9 Å². The predicted octanol–water partition coefficient (Wildman–Crippen LogP) is 5.48. The van der Waals surface area contributed by atoms with Crippen molar-refractivity contribution in [3.05, 3.63) is 81.3 Å². The van der Waals surface area contributed by atoms with Crippen LogP contribution in [-0.2, 0) is 13.0 Å². The van der Waals surface area contributed by atoms with Gasteiger partial charge in [-0.05, 0) is 44.0 Å². The highest BCUT2D eigenvalue weighted by Gasteiger charge is 2.18. The van der Waals surface area contributed by atoms with Crippen LogP contribution < -0.4 is 15.6 Å². The Balaban J connectivity index is 1.52. The molecule has 0 atom stereocenters. The number of fused-ring (bicyclic) bond motifs is 1. The number of imidazole rings is 1. The lowest BCUT2D eigenvalue weighted by Gasteiger charge is -2.12. The summed E-state index contributed by atoms with van der Waals surface area (Å²) in [7, 11) is 0. The van der Waals surface area contributed by atoms with Crippen molar-refractivity contribution in [3.8, 4) is 28.4 Å². The minimum Gasteiger partial charge on any atom is -0.493 e. The summed E-state index contributed by atoms with van der Waals surface area (Å²) >= 11 is 1.55. The van der Waals surface area contributed by atoms with E-state index in [4.69, 9.17) is 14.8 Å². The molecule has 3 aromatic heterocycles. The fraction of sp³-hybridized carbons (Fsp3) is 0.259. The normalized spacial score (nSPS) is 11.2. The van der Waals surface area contributed by atoms with Crippen LogP contribution in [-0.4, -0.2) is 31.2 Å². The molecule has 0 fully saturated rings. The Hall–Kier alpha value is -3.98. The fourth-order valence-electron chi connectivity index (χ4n) is 4.16. The Morgan fingerprint density at radius 2 is 1.94 bits per heavy atom. The van der Waals surface area contributed by atoms with E-state index < -0.39 is 0 Å². The third-order valence-corrected chi connectivity index (χ3v) is 6.64. The predicted molar refractivity (Wildman–Crippen MR) is 144 cm³/mol. The number of rotatable bonds is 9. The van der Waals surface area contributed by atoms with Crippen LogP contribution in [0.4, 0.5) is 5.13 Å². The highest BCUT2D eigenvalue weighted by atomic mass is 32.1. The van der Waals surface area contributed by atoms with Gasteiger partial charge < -0.3 is 15.0 Å². The maximum Gasteiger partial charge on any atom is 0.277 e. The quantitative estimate of drug-likeness (QED) is 0.278. The summed E-state index contributed by atoms with van der Waals surface area (Å²) in [6.07, 6.45) is 1.65. The molecule has 0 radical (unpaired) electrons. The lowest BCUT2D eigenvalue weighted by molar-refractivity contribution is 0.341. The van der Waals surface area contributed by atoms with Crippen molar-refractivity contribution < 1.29 is 4.74 Å². The van der Waals surface area contributed by atoms with E-state index in [2.05, 4.69) is 34.3 Å². The van der Waals surface area contributed by atoms with Crippen LogP contribution in [0.15, 0.2) is 58.7 Å². The zero-order valence-corrected chi connectivity index (χ0v) is 21.4. The summed E-state index contributed by atoms with van der Waals surface area (Å²) in [4.78, 5) is 25.3. The van der Waals surface area contributed by atoms with Crippen molar-refractivity contribution in [2.75, 3.05) is 11.9 Å². The van der Waals surface area contributed by atoms with Crippen LogP contribution in [0, 0.1) is 6.92 Å². The molecule has 0 saturated carbocycles. The number of thiazole rings is 1. The highest BCUT2D eigenvalue weighted by Crippen LogP contribution is 2.34. The van der Waals surface area contributed by atoms with E-state index >= 15 is 0 Å². The molecule has 0 bridgehead atoms. The van der Waals surface area contributed by atoms with Gasteiger partial charge in [-0.25, -0.2) is 14.5 Å². The molecule has 184 valence electrons. The molecule has 0 unspecified atom stereocenters. The number of benzene rings is 2. The highest BCUT2D eigenvalue weighted by molar-refractivity contribution is 7.14. The smallest absolute Gasteiger partial charge is 0.277 e. The first kappa shape index (κ1) is 23.7. The average molecular weight is 501 g/mol. The molecule has 0 aliphatic carbocycles. The van der Waals surface area contributed by atoms with Gasteiger partial charge in [0.1, 0.15) is 11.6 Å². The summed E-state index contributed by atoms with van der Waals surface area (Å²) in [6, 6.07) is 16.1. The number of aryl methyl sites for hydroxylation is 2. The zero-order valence-electron chi connectivity index (χ0n) is 20.5. The van der Waals surface area contributed by atoms with Gasteiger partial charge in [0.15, 0.2) is 16.5 Å². The first-order valence-corrected chi connectivity index (χ1v) is 12.9. The minimum atomic E-state index is -0.221. The van der Waals surface area contributed by atoms with E-state index in [-0.39, 0.29) is 5.56 Å². The van der Waals surface area contributed by atoms with Crippen LogP contribution in [0.5, 0.6) is 5.75 Å². The van der Waals surface area contributed by atoms with Crippen LogP contribution >= 0.6 is 11.3 Å². The average Bonchev–Trinajstić information content (AvgIpc) is 3.49. The molecule has 8 nitrogen and oxygen atoms in total. The van der Waals surface area contributed by atoms with Gasteiger partial charge in [0.2, 0.25) is 0 Å². The Kier molecular flexibility index (Phi) is 6.81. The van der Waals surface area contributed by atoms with Crippen molar-refractivity contribution in [2.24, 2.45) is 0 Å². The number of anilines is 1. The van der Waals surface area contributed by atoms with Crippen LogP contribution in [0.3, 0.4) is 0 Å². The first-order valence-electron chi connectivity index (χ1n) is 12.1. The summed E-state index contributed by atoms with van der Waals surface area (Å²) < 4.78 is 7.56. The van der Waals surface area contributed by atoms with Crippen molar-refractivity contribution >= 4 is 22.0 Å². The molecule has 0 amide bonds. The largest absolute Gasteiger partial charge is 0.493 e. The lowest BCUT2D eigenvalue weighted by Crippen LogP contribution is -2.16. The third-order valence-electron chi connectivity index (χ3n) is 5.84. The van der Waals surface area contributed by atoms with E-state index in [9.17, 15) is 4.79 Å². The fourth-order valence-corrected chi connectivity index (χ4v) is 4.88. The molecule has 0 saturated heterocycles. The van der Waals surface area contributed by atoms with Gasteiger partial charge in [-0.2, -0.15) is 0 Å². The SMILES string of the molecule is CCCc1nc(C)c2c(=O)[nH]c(-c3cc(-c4csc(NCc5ccccc5)n4)ccc3OCC)nn12. The number of hydrogen-bond acceptors (Lipinski definition) is 7. The summed E-state index contributed by atoms with van der Waals surface area (Å²) in [5.74, 6) is 1.86. The van der Waals surface area contributed by atoms with Gasteiger partial charge in [0.25, 0.3) is 5.56 Å². The zero-order chi connectivity index (χ0) is 25.1. The topological polar surface area (TPSA) is 97.2 Å². The van der Waals surface area contributed by atoms with Gasteiger partial charge in [-0.3, -0.25) is 4.79 Å². The molecule has 2 aromatic carbocycles. The number of ether oxygens (including phenoxy) is 1. The van der Waals surface area contributed by atoms with Gasteiger partial charge in [-0.15, -0.1) is 16.4 Å². The Morgan fingerprint density at radius 1 is 1.11 bits per heavy atom. The molecule has 2 N–H and O–H groups in total. The van der Waals surface area contributed by atoms with E-state index in [0.29, 0.717) is 41.5 Å². The number of aromatic nitrogens is 5. The molecule has 9 heteroatoms. The maximum atomic E-state index is 13.0. The Labute approximate surface area is 213 Å². The molecular formula is C27H28N6O2S. The Bertz CT molecular complexity index is 1550. The van der Waals surface area contributed by atoms with Crippen LogP contribution in [0.25, 0.3) is 28.2 Å². The second kappa shape index (κ2) is 10.3. The maximum absolute atomic E-state index is 13.0. The monoisotopic (exact) mass is 500 g/mol. The standard InChI is InChI=1S/C27H28N6O2S/c1-4-9-23-29-17(3)24-26(34)31-25(32-33(23)24)20-14-19(12-13-22(20)35-5-2)21-16-36-27(30-21)28-15-18-10-7-6-8-11-18/h6-8,10-14,16H,4-5,9,15H2,1-3H3,(H,28,30)(H,31,32,34). The number of hydrogen-bond donors (Lipinski definition) is 2. The second-order valence-electron chi connectivity index (χ2n) is 8.45. The first-order chi connectivity index (χ1) is 17.6. The number of nitrogens with zero attached hydrogens (tertiary/aromatic N) is 4. The molecule has 0 aliphatic heterocycles. The molecule has 0 aliphatic rings. The van der Waals surface area contributed by atoms with Gasteiger partial charge in [0.05, 0.1) is 23.6 Å². The summed E-state index contributed by atoms with van der Waals surface area (Å²) in [6.45, 7) is 7.05. The van der Waals surface area contributed by atoms with Crippen molar-refractivity contribution in [3.63, 3.8) is 0 Å².